The highest BCUT2D eigenvalue weighted by Gasteiger charge is 2.17. The minimum atomic E-state index is 0.259. The fourth-order valence-electron chi connectivity index (χ4n) is 2.18. The van der Waals surface area contributed by atoms with Crippen LogP contribution in [-0.2, 0) is 4.79 Å². The van der Waals surface area contributed by atoms with Gasteiger partial charge in [-0.05, 0) is 38.5 Å². The third-order valence-corrected chi connectivity index (χ3v) is 2.99. The average molecular weight is 179 g/mol. The molecule has 2 fully saturated rings. The maximum absolute atomic E-state index is 11.7. The topological polar surface area (TPSA) is 20.3 Å². The summed E-state index contributed by atoms with van der Waals surface area (Å²) < 4.78 is 0. The first kappa shape index (κ1) is 8.79. The number of hydrogen-bond donors (Lipinski definition) is 0. The standard InChI is InChI=1S/C11H17NO/c13-11(12-7-3-4-8-12)9-10-5-1-2-6-10/h9H,1-8H2. The van der Waals surface area contributed by atoms with Gasteiger partial charge >= 0.3 is 0 Å². The zero-order chi connectivity index (χ0) is 9.10. The fourth-order valence-corrected chi connectivity index (χ4v) is 2.18. The molecular formula is C11H17NO. The molecule has 1 saturated carbocycles. The van der Waals surface area contributed by atoms with Crippen molar-refractivity contribution >= 4 is 5.91 Å². The smallest absolute Gasteiger partial charge is 0.246 e. The molecule has 2 heteroatoms. The number of allylic oxidation sites excluding steroid dienone is 1. The van der Waals surface area contributed by atoms with E-state index in [0.29, 0.717) is 0 Å². The van der Waals surface area contributed by atoms with Crippen LogP contribution in [0, 0.1) is 0 Å². The van der Waals surface area contributed by atoms with Crippen molar-refractivity contribution in [2.75, 3.05) is 13.1 Å². The minimum Gasteiger partial charge on any atom is -0.339 e. The Hall–Kier alpha value is -0.790. The highest BCUT2D eigenvalue weighted by atomic mass is 16.2. The lowest BCUT2D eigenvalue weighted by molar-refractivity contribution is -0.125. The monoisotopic (exact) mass is 179 g/mol. The summed E-state index contributed by atoms with van der Waals surface area (Å²) in [7, 11) is 0. The largest absolute Gasteiger partial charge is 0.339 e. The summed E-state index contributed by atoms with van der Waals surface area (Å²) in [6.45, 7) is 1.95. The van der Waals surface area contributed by atoms with Crippen LogP contribution in [0.3, 0.4) is 0 Å². The lowest BCUT2D eigenvalue weighted by Crippen LogP contribution is -2.25. The highest BCUT2D eigenvalue weighted by molar-refractivity contribution is 5.88. The first-order valence-electron chi connectivity index (χ1n) is 5.34. The highest BCUT2D eigenvalue weighted by Crippen LogP contribution is 2.24. The Morgan fingerprint density at radius 1 is 1.08 bits per heavy atom. The van der Waals surface area contributed by atoms with Gasteiger partial charge in [0, 0.05) is 19.2 Å². The molecule has 0 spiro atoms. The molecule has 0 bridgehead atoms. The number of carbonyl (C=O) groups excluding carboxylic acids is 1. The van der Waals surface area contributed by atoms with Gasteiger partial charge in [-0.25, -0.2) is 0 Å². The van der Waals surface area contributed by atoms with Gasteiger partial charge in [0.15, 0.2) is 0 Å². The summed E-state index contributed by atoms with van der Waals surface area (Å²) in [6, 6.07) is 0. The van der Waals surface area contributed by atoms with Crippen LogP contribution >= 0.6 is 0 Å². The van der Waals surface area contributed by atoms with E-state index in [1.54, 1.807) is 0 Å². The van der Waals surface area contributed by atoms with Crippen LogP contribution in [0.2, 0.25) is 0 Å². The second kappa shape index (κ2) is 3.95. The van der Waals surface area contributed by atoms with E-state index < -0.39 is 0 Å². The average Bonchev–Trinajstić information content (AvgIpc) is 2.74. The van der Waals surface area contributed by atoms with Crippen molar-refractivity contribution in [2.45, 2.75) is 38.5 Å². The molecule has 2 nitrogen and oxygen atoms in total. The molecule has 0 N–H and O–H groups in total. The molecule has 0 atom stereocenters. The molecule has 0 radical (unpaired) electrons. The van der Waals surface area contributed by atoms with Gasteiger partial charge in [-0.15, -0.1) is 0 Å². The van der Waals surface area contributed by atoms with Crippen molar-refractivity contribution in [1.82, 2.24) is 4.90 Å². The molecule has 2 aliphatic rings. The summed E-state index contributed by atoms with van der Waals surface area (Å²) in [5.41, 5.74) is 1.37. The first-order chi connectivity index (χ1) is 6.36. The van der Waals surface area contributed by atoms with Crippen LogP contribution in [0.15, 0.2) is 11.6 Å². The van der Waals surface area contributed by atoms with Crippen LogP contribution in [0.5, 0.6) is 0 Å². The van der Waals surface area contributed by atoms with E-state index in [9.17, 15) is 4.79 Å². The molecule has 72 valence electrons. The van der Waals surface area contributed by atoms with Crippen molar-refractivity contribution < 1.29 is 4.79 Å². The minimum absolute atomic E-state index is 0.259. The maximum Gasteiger partial charge on any atom is 0.246 e. The number of nitrogens with zero attached hydrogens (tertiary/aromatic N) is 1. The lowest BCUT2D eigenvalue weighted by Gasteiger charge is -2.12. The molecule has 1 amide bonds. The molecule has 13 heavy (non-hydrogen) atoms. The zero-order valence-corrected chi connectivity index (χ0v) is 8.09. The van der Waals surface area contributed by atoms with Gasteiger partial charge in [-0.3, -0.25) is 4.79 Å². The van der Waals surface area contributed by atoms with E-state index in [-0.39, 0.29) is 5.91 Å². The Bertz CT molecular complexity index is 218. The van der Waals surface area contributed by atoms with E-state index in [2.05, 4.69) is 0 Å². The Kier molecular flexibility index (Phi) is 2.67. The Morgan fingerprint density at radius 2 is 1.69 bits per heavy atom. The molecule has 0 aromatic heterocycles. The zero-order valence-electron chi connectivity index (χ0n) is 8.09. The Labute approximate surface area is 79.6 Å². The van der Waals surface area contributed by atoms with Crippen molar-refractivity contribution in [3.8, 4) is 0 Å². The SMILES string of the molecule is O=C(C=C1CCCC1)N1CCCC1. The summed E-state index contributed by atoms with van der Waals surface area (Å²) in [5.74, 6) is 0.259. The van der Waals surface area contributed by atoms with E-state index in [0.717, 1.165) is 25.9 Å². The molecule has 1 saturated heterocycles. The van der Waals surface area contributed by atoms with Crippen molar-refractivity contribution in [3.05, 3.63) is 11.6 Å². The van der Waals surface area contributed by atoms with Crippen LogP contribution in [0.1, 0.15) is 38.5 Å². The molecular weight excluding hydrogens is 162 g/mol. The third kappa shape index (κ3) is 2.11. The number of rotatable bonds is 1. The lowest BCUT2D eigenvalue weighted by atomic mass is 10.2. The number of carbonyl (C=O) groups is 1. The molecule has 0 aromatic carbocycles. The van der Waals surface area contributed by atoms with E-state index in [1.165, 1.54) is 31.3 Å². The maximum atomic E-state index is 11.7. The van der Waals surface area contributed by atoms with Gasteiger partial charge in [-0.1, -0.05) is 5.57 Å². The number of amides is 1. The van der Waals surface area contributed by atoms with E-state index in [1.807, 2.05) is 11.0 Å². The summed E-state index contributed by atoms with van der Waals surface area (Å²) in [4.78, 5) is 13.6. The predicted molar refractivity (Wildman–Crippen MR) is 52.4 cm³/mol. The van der Waals surface area contributed by atoms with Gasteiger partial charge in [0.05, 0.1) is 0 Å². The molecule has 0 aromatic rings. The van der Waals surface area contributed by atoms with Gasteiger partial charge in [0.25, 0.3) is 0 Å². The quantitative estimate of drug-likeness (QED) is 0.564. The van der Waals surface area contributed by atoms with Crippen LogP contribution in [-0.4, -0.2) is 23.9 Å². The number of hydrogen-bond acceptors (Lipinski definition) is 1. The molecule has 0 unspecified atom stereocenters. The van der Waals surface area contributed by atoms with Gasteiger partial charge in [0.1, 0.15) is 0 Å². The third-order valence-electron chi connectivity index (χ3n) is 2.99. The van der Waals surface area contributed by atoms with Gasteiger partial charge in [-0.2, -0.15) is 0 Å². The van der Waals surface area contributed by atoms with Crippen molar-refractivity contribution in [1.29, 1.82) is 0 Å². The second-order valence-corrected chi connectivity index (χ2v) is 4.04. The van der Waals surface area contributed by atoms with Crippen LogP contribution < -0.4 is 0 Å². The van der Waals surface area contributed by atoms with Gasteiger partial charge in [0.2, 0.25) is 5.91 Å². The van der Waals surface area contributed by atoms with Crippen molar-refractivity contribution in [2.24, 2.45) is 0 Å². The first-order valence-corrected chi connectivity index (χ1v) is 5.34. The van der Waals surface area contributed by atoms with Crippen LogP contribution in [0.4, 0.5) is 0 Å². The summed E-state index contributed by atoms with van der Waals surface area (Å²) in [5, 5.41) is 0. The summed E-state index contributed by atoms with van der Waals surface area (Å²) >= 11 is 0. The van der Waals surface area contributed by atoms with Crippen molar-refractivity contribution in [3.63, 3.8) is 0 Å². The molecule has 2 rings (SSSR count). The number of likely N-dealkylation sites (tertiary alicyclic amines) is 1. The summed E-state index contributed by atoms with van der Waals surface area (Å²) in [6.07, 6.45) is 9.12. The van der Waals surface area contributed by atoms with E-state index >= 15 is 0 Å². The second-order valence-electron chi connectivity index (χ2n) is 4.04. The molecule has 1 aliphatic carbocycles. The van der Waals surface area contributed by atoms with Gasteiger partial charge < -0.3 is 4.90 Å². The predicted octanol–water partition coefficient (Wildman–Crippen LogP) is 2.11. The van der Waals surface area contributed by atoms with Crippen LogP contribution in [0.25, 0.3) is 0 Å². The molecule has 1 aliphatic heterocycles. The fraction of sp³-hybridized carbons (Fsp3) is 0.727. The normalized spacial score (nSPS) is 22.5. The van der Waals surface area contributed by atoms with E-state index in [4.69, 9.17) is 0 Å². The Morgan fingerprint density at radius 3 is 2.31 bits per heavy atom. The molecule has 1 heterocycles. The Balaban J connectivity index is 1.92.